The molecule has 0 saturated heterocycles. The standard InChI is InChI=1S/C16H19NOS/c1-12-8-10-15(11-9-12)19(18)13(2)16(17)14-6-4-3-5-7-14/h3-11,13,16H,17H2,1-2H3/t13-,16-,19+/m1/s1. The summed E-state index contributed by atoms with van der Waals surface area (Å²) in [5, 5.41) is -0.120. The molecule has 0 spiro atoms. The number of aryl methyl sites for hydroxylation is 1. The first kappa shape index (κ1) is 14.0. The van der Waals surface area contributed by atoms with Gasteiger partial charge in [-0.05, 0) is 31.5 Å². The van der Waals surface area contributed by atoms with Gasteiger partial charge >= 0.3 is 0 Å². The molecule has 2 aromatic rings. The lowest BCUT2D eigenvalue weighted by Gasteiger charge is -2.20. The molecule has 2 aromatic carbocycles. The molecular weight excluding hydrogens is 254 g/mol. The zero-order chi connectivity index (χ0) is 13.8. The van der Waals surface area contributed by atoms with Crippen LogP contribution in [0, 0.1) is 6.92 Å². The number of nitrogens with two attached hydrogens (primary N) is 1. The molecule has 0 aliphatic rings. The summed E-state index contributed by atoms with van der Waals surface area (Å²) < 4.78 is 12.5. The first-order valence-corrected chi connectivity index (χ1v) is 7.58. The summed E-state index contributed by atoms with van der Waals surface area (Å²) in [4.78, 5) is 0.837. The maximum atomic E-state index is 12.5. The highest BCUT2D eigenvalue weighted by molar-refractivity contribution is 7.85. The molecule has 3 heteroatoms. The molecule has 0 heterocycles. The van der Waals surface area contributed by atoms with Gasteiger partial charge in [-0.2, -0.15) is 0 Å². The number of hydrogen-bond acceptors (Lipinski definition) is 2. The van der Waals surface area contributed by atoms with Crippen molar-refractivity contribution in [2.75, 3.05) is 0 Å². The van der Waals surface area contributed by atoms with Crippen LogP contribution in [-0.2, 0) is 10.8 Å². The minimum absolute atomic E-state index is 0.120. The van der Waals surface area contributed by atoms with Gasteiger partial charge in [0.1, 0.15) is 0 Å². The van der Waals surface area contributed by atoms with E-state index in [2.05, 4.69) is 0 Å². The lowest BCUT2D eigenvalue weighted by atomic mass is 10.1. The van der Waals surface area contributed by atoms with Crippen molar-refractivity contribution in [2.45, 2.75) is 30.0 Å². The van der Waals surface area contributed by atoms with Gasteiger partial charge < -0.3 is 5.73 Å². The van der Waals surface area contributed by atoms with Gasteiger partial charge in [0.2, 0.25) is 0 Å². The smallest absolute Gasteiger partial charge is 0.0577 e. The zero-order valence-corrected chi connectivity index (χ0v) is 12.1. The normalized spacial score (nSPS) is 15.7. The average Bonchev–Trinajstić information content (AvgIpc) is 2.46. The number of hydrogen-bond donors (Lipinski definition) is 1. The largest absolute Gasteiger partial charge is 0.323 e. The molecule has 0 aliphatic carbocycles. The molecule has 0 fully saturated rings. The molecule has 3 atom stereocenters. The average molecular weight is 273 g/mol. The lowest BCUT2D eigenvalue weighted by Crippen LogP contribution is -2.27. The van der Waals surface area contributed by atoms with Crippen molar-refractivity contribution in [2.24, 2.45) is 5.73 Å². The second-order valence-electron chi connectivity index (χ2n) is 4.75. The molecule has 0 bridgehead atoms. The fraction of sp³-hybridized carbons (Fsp3) is 0.250. The Balaban J connectivity index is 2.17. The van der Waals surface area contributed by atoms with Crippen molar-refractivity contribution >= 4 is 10.8 Å². The van der Waals surface area contributed by atoms with E-state index < -0.39 is 10.8 Å². The molecule has 0 amide bonds. The van der Waals surface area contributed by atoms with Crippen LogP contribution in [0.4, 0.5) is 0 Å². The Labute approximate surface area is 117 Å². The summed E-state index contributed by atoms with van der Waals surface area (Å²) in [6.07, 6.45) is 0. The molecule has 0 aromatic heterocycles. The molecule has 2 N–H and O–H groups in total. The van der Waals surface area contributed by atoms with Crippen LogP contribution in [0.1, 0.15) is 24.1 Å². The Kier molecular flexibility index (Phi) is 4.51. The van der Waals surface area contributed by atoms with Gasteiger partial charge in [-0.25, -0.2) is 0 Å². The fourth-order valence-electron chi connectivity index (χ4n) is 1.97. The van der Waals surface area contributed by atoms with E-state index in [4.69, 9.17) is 5.73 Å². The summed E-state index contributed by atoms with van der Waals surface area (Å²) in [5.41, 5.74) is 8.40. The van der Waals surface area contributed by atoms with Crippen LogP contribution in [0.15, 0.2) is 59.5 Å². The molecule has 0 unspecified atom stereocenters. The predicted molar refractivity (Wildman–Crippen MR) is 80.4 cm³/mol. The van der Waals surface area contributed by atoms with E-state index in [1.54, 1.807) is 0 Å². The molecule has 2 rings (SSSR count). The highest BCUT2D eigenvalue weighted by Gasteiger charge is 2.21. The van der Waals surface area contributed by atoms with Crippen LogP contribution in [0.25, 0.3) is 0 Å². The first-order valence-electron chi connectivity index (χ1n) is 6.37. The maximum absolute atomic E-state index is 12.5. The van der Waals surface area contributed by atoms with Crippen LogP contribution in [0.2, 0.25) is 0 Å². The predicted octanol–water partition coefficient (Wildman–Crippen LogP) is 3.19. The third kappa shape index (κ3) is 3.31. The van der Waals surface area contributed by atoms with Crippen molar-refractivity contribution in [1.82, 2.24) is 0 Å². The summed E-state index contributed by atoms with van der Waals surface area (Å²) in [6, 6.07) is 17.4. The zero-order valence-electron chi connectivity index (χ0n) is 11.2. The Morgan fingerprint density at radius 3 is 2.16 bits per heavy atom. The van der Waals surface area contributed by atoms with E-state index in [0.29, 0.717) is 0 Å². The highest BCUT2D eigenvalue weighted by Crippen LogP contribution is 2.22. The van der Waals surface area contributed by atoms with Crippen LogP contribution >= 0.6 is 0 Å². The van der Waals surface area contributed by atoms with Crippen molar-refractivity contribution in [3.63, 3.8) is 0 Å². The van der Waals surface area contributed by atoms with E-state index in [-0.39, 0.29) is 11.3 Å². The summed E-state index contributed by atoms with van der Waals surface area (Å²) >= 11 is 0. The molecule has 0 saturated carbocycles. The van der Waals surface area contributed by atoms with Gasteiger partial charge in [-0.3, -0.25) is 4.21 Å². The number of rotatable bonds is 4. The van der Waals surface area contributed by atoms with E-state index in [9.17, 15) is 4.21 Å². The quantitative estimate of drug-likeness (QED) is 0.929. The van der Waals surface area contributed by atoms with E-state index in [1.165, 1.54) is 5.56 Å². The van der Waals surface area contributed by atoms with Crippen LogP contribution in [0.5, 0.6) is 0 Å². The summed E-state index contributed by atoms with van der Waals surface area (Å²) in [5.74, 6) is 0. The van der Waals surface area contributed by atoms with Crippen LogP contribution in [-0.4, -0.2) is 9.46 Å². The number of benzene rings is 2. The van der Waals surface area contributed by atoms with Gasteiger partial charge in [-0.1, -0.05) is 48.0 Å². The SMILES string of the molecule is Cc1ccc([S@@](=O)[C@H](C)[C@@H](N)c2ccccc2)cc1. The van der Waals surface area contributed by atoms with Gasteiger partial charge in [0, 0.05) is 10.9 Å². The van der Waals surface area contributed by atoms with Crippen LogP contribution < -0.4 is 5.73 Å². The summed E-state index contributed by atoms with van der Waals surface area (Å²) in [7, 11) is -1.09. The molecule has 0 aliphatic heterocycles. The minimum atomic E-state index is -1.09. The van der Waals surface area contributed by atoms with Gasteiger partial charge in [0.15, 0.2) is 0 Å². The minimum Gasteiger partial charge on any atom is -0.323 e. The monoisotopic (exact) mass is 273 g/mol. The second kappa shape index (κ2) is 6.13. The summed E-state index contributed by atoms with van der Waals surface area (Å²) in [6.45, 7) is 3.96. The van der Waals surface area contributed by atoms with Crippen molar-refractivity contribution in [1.29, 1.82) is 0 Å². The van der Waals surface area contributed by atoms with Gasteiger partial charge in [0.05, 0.1) is 16.0 Å². The van der Waals surface area contributed by atoms with E-state index in [1.807, 2.05) is 68.4 Å². The van der Waals surface area contributed by atoms with E-state index in [0.717, 1.165) is 10.5 Å². The highest BCUT2D eigenvalue weighted by atomic mass is 32.2. The van der Waals surface area contributed by atoms with Gasteiger partial charge in [-0.15, -0.1) is 0 Å². The Hall–Kier alpha value is -1.45. The lowest BCUT2D eigenvalue weighted by molar-refractivity contribution is 0.643. The molecular formula is C16H19NOS. The van der Waals surface area contributed by atoms with Gasteiger partial charge in [0.25, 0.3) is 0 Å². The Morgan fingerprint density at radius 2 is 1.58 bits per heavy atom. The van der Waals surface area contributed by atoms with Crippen LogP contribution in [0.3, 0.4) is 0 Å². The topological polar surface area (TPSA) is 43.1 Å². The Morgan fingerprint density at radius 1 is 1.00 bits per heavy atom. The maximum Gasteiger partial charge on any atom is 0.0577 e. The molecule has 100 valence electrons. The molecule has 2 nitrogen and oxygen atoms in total. The first-order chi connectivity index (χ1) is 9.09. The van der Waals surface area contributed by atoms with E-state index >= 15 is 0 Å². The van der Waals surface area contributed by atoms with Crippen molar-refractivity contribution < 1.29 is 4.21 Å². The molecule has 19 heavy (non-hydrogen) atoms. The van der Waals surface area contributed by atoms with Crippen molar-refractivity contribution in [3.8, 4) is 0 Å². The Bertz CT molecular complexity index is 551. The molecule has 0 radical (unpaired) electrons. The second-order valence-corrected chi connectivity index (χ2v) is 6.56. The third-order valence-corrected chi connectivity index (χ3v) is 4.99. The van der Waals surface area contributed by atoms with Crippen molar-refractivity contribution in [3.05, 3.63) is 65.7 Å². The third-order valence-electron chi connectivity index (χ3n) is 3.28. The fourth-order valence-corrected chi connectivity index (χ4v) is 3.22.